The van der Waals surface area contributed by atoms with Crippen molar-refractivity contribution in [3.8, 4) is 27.3 Å². The second kappa shape index (κ2) is 11.5. The molecule has 1 fully saturated rings. The first kappa shape index (κ1) is 28.7. The summed E-state index contributed by atoms with van der Waals surface area (Å²) in [6, 6.07) is 25.6. The van der Waals surface area contributed by atoms with Crippen molar-refractivity contribution >= 4 is 17.2 Å². The predicted molar refractivity (Wildman–Crippen MR) is 173 cm³/mol. The van der Waals surface area contributed by atoms with Crippen LogP contribution in [-0.2, 0) is 22.7 Å². The summed E-state index contributed by atoms with van der Waals surface area (Å²) in [5.41, 5.74) is 4.57. The molecule has 4 heterocycles. The molecule has 8 rings (SSSR count). The van der Waals surface area contributed by atoms with E-state index in [0.29, 0.717) is 25.3 Å². The Morgan fingerprint density at radius 2 is 1.74 bits per heavy atom. The summed E-state index contributed by atoms with van der Waals surface area (Å²) in [6.45, 7) is 1.47. The lowest BCUT2D eigenvalue weighted by atomic mass is 9.92. The number of benzene rings is 3. The number of carbonyl (C=O) groups is 1. The number of halogens is 1. The van der Waals surface area contributed by atoms with E-state index < -0.39 is 12.2 Å². The highest BCUT2D eigenvalue weighted by molar-refractivity contribution is 7.16. The zero-order valence-electron chi connectivity index (χ0n) is 25.0. The predicted octanol–water partition coefficient (Wildman–Crippen LogP) is 5.96. The van der Waals surface area contributed by atoms with E-state index in [1.807, 2.05) is 54.6 Å². The maximum absolute atomic E-state index is 16.2. The zero-order valence-corrected chi connectivity index (χ0v) is 25.8. The third-order valence-electron chi connectivity index (χ3n) is 8.83. The number of methoxy groups -OCH3 is 1. The highest BCUT2D eigenvalue weighted by Crippen LogP contribution is 2.51. The van der Waals surface area contributed by atoms with E-state index in [0.717, 1.165) is 37.6 Å². The molecule has 3 aliphatic rings. The van der Waals surface area contributed by atoms with E-state index in [2.05, 4.69) is 17.1 Å². The molecule has 0 bridgehead atoms. The number of amides is 1. The zero-order chi connectivity index (χ0) is 31.4. The number of ether oxygens (including phenoxy) is 3. The van der Waals surface area contributed by atoms with Gasteiger partial charge < -0.3 is 19.1 Å². The number of rotatable bonds is 6. The van der Waals surface area contributed by atoms with Gasteiger partial charge in [-0.2, -0.15) is 0 Å². The minimum atomic E-state index is -0.557. The molecule has 10 heteroatoms. The molecule has 5 aromatic rings. The lowest BCUT2D eigenvalue weighted by Crippen LogP contribution is -2.66. The van der Waals surface area contributed by atoms with Gasteiger partial charge in [0, 0.05) is 46.8 Å². The van der Waals surface area contributed by atoms with Crippen LogP contribution in [-0.4, -0.2) is 48.5 Å². The van der Waals surface area contributed by atoms with Crippen LogP contribution in [0.3, 0.4) is 0 Å². The van der Waals surface area contributed by atoms with Gasteiger partial charge in [0.15, 0.2) is 11.4 Å². The third-order valence-corrected chi connectivity index (χ3v) is 9.97. The minimum Gasteiger partial charge on any atom is -0.482 e. The first-order chi connectivity index (χ1) is 22.5. The molecule has 46 heavy (non-hydrogen) atoms. The van der Waals surface area contributed by atoms with E-state index in [-0.39, 0.29) is 41.8 Å². The van der Waals surface area contributed by atoms with Gasteiger partial charge in [0.2, 0.25) is 5.43 Å². The van der Waals surface area contributed by atoms with Crippen molar-refractivity contribution in [2.45, 2.75) is 25.4 Å². The van der Waals surface area contributed by atoms with Gasteiger partial charge in [-0.3, -0.25) is 19.3 Å². The van der Waals surface area contributed by atoms with Gasteiger partial charge in [0.25, 0.3) is 5.91 Å². The highest BCUT2D eigenvalue weighted by Gasteiger charge is 2.46. The van der Waals surface area contributed by atoms with Crippen LogP contribution in [0.15, 0.2) is 95.9 Å². The monoisotopic (exact) mass is 635 g/mol. The fraction of sp³-hybridized carbons (Fsp3) is 0.222. The fourth-order valence-corrected chi connectivity index (χ4v) is 8.06. The van der Waals surface area contributed by atoms with Crippen molar-refractivity contribution < 1.29 is 23.4 Å². The summed E-state index contributed by atoms with van der Waals surface area (Å²) in [6.07, 6.45) is 1.09. The van der Waals surface area contributed by atoms with Crippen LogP contribution in [0.1, 0.15) is 38.1 Å². The molecular weight excluding hydrogens is 605 g/mol. The van der Waals surface area contributed by atoms with Crippen LogP contribution >= 0.6 is 11.3 Å². The summed E-state index contributed by atoms with van der Waals surface area (Å²) >= 11 is 1.59. The van der Waals surface area contributed by atoms with Crippen molar-refractivity contribution in [1.29, 1.82) is 0 Å². The number of morpholine rings is 1. The quantitative estimate of drug-likeness (QED) is 0.229. The molecule has 1 saturated heterocycles. The van der Waals surface area contributed by atoms with Crippen molar-refractivity contribution in [2.75, 3.05) is 31.9 Å². The lowest BCUT2D eigenvalue weighted by molar-refractivity contribution is -0.0197. The Morgan fingerprint density at radius 1 is 0.935 bits per heavy atom. The first-order valence-electron chi connectivity index (χ1n) is 15.1. The number of hydrogen-bond acceptors (Lipinski definition) is 7. The lowest BCUT2D eigenvalue weighted by Gasteiger charge is -2.51. The minimum absolute atomic E-state index is 0.0176. The van der Waals surface area contributed by atoms with Crippen LogP contribution in [0.25, 0.3) is 21.6 Å². The molecule has 1 unspecified atom stereocenters. The van der Waals surface area contributed by atoms with Gasteiger partial charge in [0.05, 0.1) is 25.9 Å². The molecule has 0 saturated carbocycles. The molecule has 0 radical (unpaired) electrons. The summed E-state index contributed by atoms with van der Waals surface area (Å²) in [7, 11) is 1.65. The first-order valence-corrected chi connectivity index (χ1v) is 16.0. The SMILES string of the molecule is COCc1cc2c(s1)-c1ccccc1C(N1[C@@H]3COCCN3C(=O)c3c(OCc4ccccc4)c(=O)ccn31)c1cccc(F)c1-2. The van der Waals surface area contributed by atoms with Crippen LogP contribution in [0.2, 0.25) is 0 Å². The maximum Gasteiger partial charge on any atom is 0.278 e. The number of carbonyl (C=O) groups excluding carboxylic acids is 1. The Bertz CT molecular complexity index is 2030. The molecule has 2 aromatic heterocycles. The Hall–Kier alpha value is -4.77. The van der Waals surface area contributed by atoms with Gasteiger partial charge in [-0.1, -0.05) is 66.7 Å². The number of hydrogen-bond donors (Lipinski definition) is 0. The Kier molecular flexibility index (Phi) is 7.20. The van der Waals surface area contributed by atoms with Gasteiger partial charge in [-0.25, -0.2) is 4.39 Å². The smallest absolute Gasteiger partial charge is 0.278 e. The van der Waals surface area contributed by atoms with Gasteiger partial charge in [0.1, 0.15) is 18.6 Å². The van der Waals surface area contributed by atoms with E-state index in [1.54, 1.807) is 40.3 Å². The van der Waals surface area contributed by atoms with Crippen LogP contribution in [0.5, 0.6) is 5.75 Å². The Balaban J connectivity index is 1.37. The number of pyridine rings is 1. The van der Waals surface area contributed by atoms with Crippen molar-refractivity contribution in [2.24, 2.45) is 0 Å². The number of nitrogens with zero attached hydrogens (tertiary/aromatic N) is 3. The second-order valence-electron chi connectivity index (χ2n) is 11.5. The number of thiophene rings is 1. The van der Waals surface area contributed by atoms with Crippen LogP contribution < -0.4 is 15.2 Å². The van der Waals surface area contributed by atoms with Crippen LogP contribution in [0.4, 0.5) is 4.39 Å². The summed E-state index contributed by atoms with van der Waals surface area (Å²) in [4.78, 5) is 31.3. The third kappa shape index (κ3) is 4.55. The fourth-order valence-electron chi connectivity index (χ4n) is 6.88. The number of fused-ring (bicyclic) bond motifs is 7. The highest BCUT2D eigenvalue weighted by atomic mass is 32.1. The summed E-state index contributed by atoms with van der Waals surface area (Å²) < 4.78 is 35.5. The molecule has 1 amide bonds. The average molecular weight is 636 g/mol. The second-order valence-corrected chi connectivity index (χ2v) is 12.6. The molecule has 0 spiro atoms. The van der Waals surface area contributed by atoms with Crippen molar-refractivity contribution in [3.05, 3.63) is 134 Å². The summed E-state index contributed by atoms with van der Waals surface area (Å²) in [5, 5.41) is 2.05. The van der Waals surface area contributed by atoms with Gasteiger partial charge in [-0.15, -0.1) is 11.3 Å². The van der Waals surface area contributed by atoms with Crippen molar-refractivity contribution in [3.63, 3.8) is 0 Å². The molecule has 0 N–H and O–H groups in total. The largest absolute Gasteiger partial charge is 0.482 e. The molecule has 232 valence electrons. The van der Waals surface area contributed by atoms with Gasteiger partial charge in [-0.05, 0) is 34.4 Å². The molecule has 2 aliphatic heterocycles. The standard InChI is InChI=1S/C36H30FN3O5S/c1-43-20-23-18-27-31-26(12-7-13-28(31)37)32(24-10-5-6-11-25(24)35(27)46-23)40-30-21-44-17-16-38(30)36(42)33-34(29(41)14-15-39(33)40)45-19-22-8-3-2-4-9-22/h2-15,18,30,32H,16-17,19-21H2,1H3/t30-,32?/m1/s1. The van der Waals surface area contributed by atoms with Crippen LogP contribution in [0, 0.1) is 5.82 Å². The topological polar surface area (TPSA) is 73.2 Å². The van der Waals surface area contributed by atoms with Crippen molar-refractivity contribution in [1.82, 2.24) is 9.58 Å². The molecular formula is C36H30FN3O5S. The Labute approximate surface area is 268 Å². The maximum atomic E-state index is 16.2. The molecule has 8 nitrogen and oxygen atoms in total. The average Bonchev–Trinajstić information content (AvgIpc) is 3.45. The normalized spacial score (nSPS) is 18.2. The van der Waals surface area contributed by atoms with Gasteiger partial charge >= 0.3 is 0 Å². The molecule has 1 aliphatic carbocycles. The Morgan fingerprint density at radius 3 is 2.59 bits per heavy atom. The molecule has 2 atom stereocenters. The van der Waals surface area contributed by atoms with E-state index in [9.17, 15) is 9.59 Å². The summed E-state index contributed by atoms with van der Waals surface area (Å²) in [5.74, 6) is -0.666. The molecule has 3 aromatic carbocycles. The van der Waals surface area contributed by atoms with E-state index in [1.165, 1.54) is 12.1 Å². The number of aromatic nitrogens is 1. The van der Waals surface area contributed by atoms with E-state index in [4.69, 9.17) is 14.2 Å². The van der Waals surface area contributed by atoms with E-state index >= 15 is 4.39 Å².